The summed E-state index contributed by atoms with van der Waals surface area (Å²) in [6.45, 7) is 0.531. The standard InChI is InChI=1S/C5H7N2O/c1-8-4-5-6-2-3-7-5/h2H,4H2,1H3,(H,6,7). The Morgan fingerprint density at radius 3 is 3.38 bits per heavy atom. The van der Waals surface area contributed by atoms with Gasteiger partial charge in [-0.1, -0.05) is 0 Å². The van der Waals surface area contributed by atoms with Crippen molar-refractivity contribution in [2.45, 2.75) is 6.61 Å². The molecule has 1 heterocycles. The van der Waals surface area contributed by atoms with Crippen LogP contribution in [0.3, 0.4) is 0 Å². The maximum absolute atomic E-state index is 4.77. The molecule has 1 aromatic heterocycles. The van der Waals surface area contributed by atoms with E-state index < -0.39 is 0 Å². The first-order valence-corrected chi connectivity index (χ1v) is 2.32. The number of methoxy groups -OCH3 is 1. The summed E-state index contributed by atoms with van der Waals surface area (Å²) in [4.78, 5) is 6.65. The third-order valence-electron chi connectivity index (χ3n) is 0.782. The Bertz CT molecular complexity index is 136. The Morgan fingerprint density at radius 1 is 2.00 bits per heavy atom. The van der Waals surface area contributed by atoms with Gasteiger partial charge in [-0.05, 0) is 0 Å². The smallest absolute Gasteiger partial charge is 0.132 e. The number of H-pyrrole nitrogens is 1. The second kappa shape index (κ2) is 2.47. The largest absolute Gasteiger partial charge is 0.377 e. The van der Waals surface area contributed by atoms with Gasteiger partial charge in [0.25, 0.3) is 0 Å². The van der Waals surface area contributed by atoms with Crippen molar-refractivity contribution in [1.82, 2.24) is 9.97 Å². The number of hydrogen-bond donors (Lipinski definition) is 1. The Hall–Kier alpha value is -0.830. The lowest BCUT2D eigenvalue weighted by molar-refractivity contribution is 0.178. The zero-order valence-electron chi connectivity index (χ0n) is 4.64. The van der Waals surface area contributed by atoms with Crippen LogP contribution in [0.25, 0.3) is 0 Å². The van der Waals surface area contributed by atoms with Gasteiger partial charge in [0.1, 0.15) is 12.4 Å². The highest BCUT2D eigenvalue weighted by atomic mass is 16.5. The van der Waals surface area contributed by atoms with Crippen LogP contribution >= 0.6 is 0 Å². The summed E-state index contributed by atoms with van der Waals surface area (Å²) in [7, 11) is 1.63. The van der Waals surface area contributed by atoms with Gasteiger partial charge in [-0.15, -0.1) is 0 Å². The lowest BCUT2D eigenvalue weighted by Gasteiger charge is -1.88. The quantitative estimate of drug-likeness (QED) is 0.598. The van der Waals surface area contributed by atoms with E-state index in [2.05, 4.69) is 16.2 Å². The zero-order valence-corrected chi connectivity index (χ0v) is 4.64. The number of rotatable bonds is 2. The van der Waals surface area contributed by atoms with E-state index in [1.807, 2.05) is 0 Å². The van der Waals surface area contributed by atoms with E-state index >= 15 is 0 Å². The number of aromatic amines is 1. The molecule has 0 saturated heterocycles. The molecule has 0 aliphatic rings. The van der Waals surface area contributed by atoms with E-state index in [1.54, 1.807) is 13.3 Å². The second-order valence-electron chi connectivity index (χ2n) is 1.41. The average molecular weight is 111 g/mol. The highest BCUT2D eigenvalue weighted by Gasteiger charge is 1.88. The first-order chi connectivity index (χ1) is 3.93. The van der Waals surface area contributed by atoms with Crippen molar-refractivity contribution in [3.63, 3.8) is 0 Å². The predicted octanol–water partition coefficient (Wildman–Crippen LogP) is 0.356. The summed E-state index contributed by atoms with van der Waals surface area (Å²) in [5.41, 5.74) is 0. The van der Waals surface area contributed by atoms with Crippen molar-refractivity contribution in [3.8, 4) is 0 Å². The van der Waals surface area contributed by atoms with Gasteiger partial charge in [0.15, 0.2) is 0 Å². The van der Waals surface area contributed by atoms with Crippen LogP contribution in [0, 0.1) is 6.20 Å². The fraction of sp³-hybridized carbons (Fsp3) is 0.400. The number of hydrogen-bond acceptors (Lipinski definition) is 2. The van der Waals surface area contributed by atoms with Gasteiger partial charge in [0.2, 0.25) is 0 Å². The molecule has 0 atom stereocenters. The summed E-state index contributed by atoms with van der Waals surface area (Å²) < 4.78 is 4.77. The van der Waals surface area contributed by atoms with E-state index in [0.717, 1.165) is 5.82 Å². The number of aromatic nitrogens is 2. The van der Waals surface area contributed by atoms with Crippen LogP contribution in [0.2, 0.25) is 0 Å². The van der Waals surface area contributed by atoms with E-state index in [-0.39, 0.29) is 0 Å². The fourth-order valence-corrected chi connectivity index (χ4v) is 0.468. The summed E-state index contributed by atoms with van der Waals surface area (Å²) in [5.74, 6) is 0.813. The number of nitrogens with one attached hydrogen (secondary N) is 1. The van der Waals surface area contributed by atoms with E-state index in [9.17, 15) is 0 Å². The van der Waals surface area contributed by atoms with E-state index in [0.29, 0.717) is 6.61 Å². The summed E-state index contributed by atoms with van der Waals surface area (Å²) in [6.07, 6.45) is 4.28. The van der Waals surface area contributed by atoms with Gasteiger partial charge < -0.3 is 9.72 Å². The predicted molar refractivity (Wildman–Crippen MR) is 28.1 cm³/mol. The molecule has 43 valence electrons. The van der Waals surface area contributed by atoms with Crippen molar-refractivity contribution in [2.24, 2.45) is 0 Å². The van der Waals surface area contributed by atoms with Crippen molar-refractivity contribution in [1.29, 1.82) is 0 Å². The van der Waals surface area contributed by atoms with Crippen molar-refractivity contribution >= 4 is 0 Å². The van der Waals surface area contributed by atoms with Crippen LogP contribution in [-0.4, -0.2) is 17.1 Å². The number of ether oxygens (including phenoxy) is 1. The van der Waals surface area contributed by atoms with Crippen LogP contribution in [-0.2, 0) is 11.3 Å². The first-order valence-electron chi connectivity index (χ1n) is 2.32. The molecule has 3 heteroatoms. The van der Waals surface area contributed by atoms with Gasteiger partial charge in [0, 0.05) is 7.11 Å². The van der Waals surface area contributed by atoms with E-state index in [1.165, 1.54) is 0 Å². The molecule has 0 aliphatic heterocycles. The molecule has 0 spiro atoms. The Morgan fingerprint density at radius 2 is 2.88 bits per heavy atom. The summed E-state index contributed by atoms with van der Waals surface area (Å²) in [5, 5.41) is 0. The second-order valence-corrected chi connectivity index (χ2v) is 1.41. The molecule has 8 heavy (non-hydrogen) atoms. The van der Waals surface area contributed by atoms with Crippen molar-refractivity contribution < 1.29 is 4.74 Å². The lowest BCUT2D eigenvalue weighted by atomic mass is 10.7. The molecule has 0 fully saturated rings. The van der Waals surface area contributed by atoms with Crippen molar-refractivity contribution in [3.05, 3.63) is 18.2 Å². The monoisotopic (exact) mass is 111 g/mol. The molecule has 0 aliphatic carbocycles. The maximum atomic E-state index is 4.77. The number of imidazole rings is 1. The SMILES string of the molecule is COCc1nc[c][nH]1. The fourth-order valence-electron chi connectivity index (χ4n) is 0.468. The van der Waals surface area contributed by atoms with Gasteiger partial charge >= 0.3 is 0 Å². The van der Waals surface area contributed by atoms with Crippen LogP contribution < -0.4 is 0 Å². The Labute approximate surface area is 47.7 Å². The summed E-state index contributed by atoms with van der Waals surface area (Å²) in [6, 6.07) is 0. The van der Waals surface area contributed by atoms with E-state index in [4.69, 9.17) is 4.74 Å². The van der Waals surface area contributed by atoms with Gasteiger partial charge in [-0.2, -0.15) is 0 Å². The molecule has 1 rings (SSSR count). The van der Waals surface area contributed by atoms with Gasteiger partial charge in [0.05, 0.1) is 12.4 Å². The summed E-state index contributed by atoms with van der Waals surface area (Å²) >= 11 is 0. The van der Waals surface area contributed by atoms with Gasteiger partial charge in [-0.25, -0.2) is 4.98 Å². The third-order valence-corrected chi connectivity index (χ3v) is 0.782. The Balaban J connectivity index is 2.50. The van der Waals surface area contributed by atoms with Crippen molar-refractivity contribution in [2.75, 3.05) is 7.11 Å². The number of nitrogens with zero attached hydrogens (tertiary/aromatic N) is 1. The minimum absolute atomic E-state index is 0.531. The normalized spacial score (nSPS) is 9.62. The first kappa shape index (κ1) is 5.31. The molecule has 3 nitrogen and oxygen atoms in total. The highest BCUT2D eigenvalue weighted by Crippen LogP contribution is 1.87. The van der Waals surface area contributed by atoms with Gasteiger partial charge in [-0.3, -0.25) is 0 Å². The van der Waals surface area contributed by atoms with Crippen LogP contribution in [0.15, 0.2) is 6.20 Å². The van der Waals surface area contributed by atoms with Crippen LogP contribution in [0.4, 0.5) is 0 Å². The molecule has 0 amide bonds. The topological polar surface area (TPSA) is 37.9 Å². The molecule has 1 radical (unpaired) electrons. The van der Waals surface area contributed by atoms with Crippen LogP contribution in [0.1, 0.15) is 5.82 Å². The molecular formula is C5H7N2O. The minimum atomic E-state index is 0.531. The molecule has 1 aromatic rings. The molecular weight excluding hydrogens is 104 g/mol. The molecule has 0 unspecified atom stereocenters. The molecule has 0 bridgehead atoms. The highest BCUT2D eigenvalue weighted by molar-refractivity contribution is 4.81. The minimum Gasteiger partial charge on any atom is -0.377 e. The lowest BCUT2D eigenvalue weighted by Crippen LogP contribution is -1.88. The molecule has 0 saturated carbocycles. The average Bonchev–Trinajstić information content (AvgIpc) is 2.19. The Kier molecular flexibility index (Phi) is 1.64. The third kappa shape index (κ3) is 1.07. The van der Waals surface area contributed by atoms with Crippen LogP contribution in [0.5, 0.6) is 0 Å². The molecule has 0 aromatic carbocycles. The maximum Gasteiger partial charge on any atom is 0.132 e. The zero-order chi connectivity index (χ0) is 5.82. The molecule has 1 N–H and O–H groups in total.